The molecule has 3 heteroatoms. The molecular formula is C12H19N3. The Balaban J connectivity index is 2.12. The van der Waals surface area contributed by atoms with Crippen molar-refractivity contribution in [3.05, 3.63) is 24.3 Å². The number of anilines is 2. The first-order chi connectivity index (χ1) is 7.16. The lowest BCUT2D eigenvalue weighted by molar-refractivity contribution is 0.234. The normalized spacial score (nSPS) is 23.1. The number of nitrogens with zero attached hydrogens (tertiary/aromatic N) is 2. The van der Waals surface area contributed by atoms with Crippen molar-refractivity contribution in [1.82, 2.24) is 4.90 Å². The molecule has 1 heterocycles. The van der Waals surface area contributed by atoms with Crippen LogP contribution in [0, 0.1) is 0 Å². The molecule has 1 saturated heterocycles. The Kier molecular flexibility index (Phi) is 2.82. The van der Waals surface area contributed by atoms with Gasteiger partial charge in [0.1, 0.15) is 0 Å². The summed E-state index contributed by atoms with van der Waals surface area (Å²) in [6.07, 6.45) is 0. The van der Waals surface area contributed by atoms with Crippen LogP contribution in [0.3, 0.4) is 0 Å². The average Bonchev–Trinajstić information content (AvgIpc) is 2.22. The van der Waals surface area contributed by atoms with Gasteiger partial charge >= 0.3 is 0 Å². The van der Waals surface area contributed by atoms with E-state index in [2.05, 4.69) is 35.9 Å². The van der Waals surface area contributed by atoms with Crippen molar-refractivity contribution >= 4 is 11.4 Å². The Morgan fingerprint density at radius 1 is 1.33 bits per heavy atom. The maximum atomic E-state index is 5.79. The molecule has 2 rings (SSSR count). The molecule has 0 spiro atoms. The van der Waals surface area contributed by atoms with E-state index >= 15 is 0 Å². The summed E-state index contributed by atoms with van der Waals surface area (Å²) in [5.41, 5.74) is 7.88. The molecule has 82 valence electrons. The second-order valence-corrected chi connectivity index (χ2v) is 4.37. The lowest BCUT2D eigenvalue weighted by atomic mass is 10.1. The maximum absolute atomic E-state index is 5.79. The fourth-order valence-corrected chi connectivity index (χ4v) is 2.00. The Morgan fingerprint density at radius 2 is 2.13 bits per heavy atom. The average molecular weight is 205 g/mol. The topological polar surface area (TPSA) is 32.5 Å². The van der Waals surface area contributed by atoms with Crippen LogP contribution in [-0.2, 0) is 0 Å². The van der Waals surface area contributed by atoms with Gasteiger partial charge < -0.3 is 15.5 Å². The first-order valence-electron chi connectivity index (χ1n) is 5.47. The number of benzene rings is 1. The highest BCUT2D eigenvalue weighted by atomic mass is 15.3. The standard InChI is InChI=1S/C12H19N3/c1-10-9-15(7-6-14(10)2)12-5-3-4-11(13)8-12/h3-5,8,10H,6-7,9,13H2,1-2H3. The lowest BCUT2D eigenvalue weighted by Gasteiger charge is -2.39. The van der Waals surface area contributed by atoms with Gasteiger partial charge in [0, 0.05) is 37.1 Å². The smallest absolute Gasteiger partial charge is 0.0387 e. The van der Waals surface area contributed by atoms with Crippen molar-refractivity contribution in [2.45, 2.75) is 13.0 Å². The Bertz CT molecular complexity index is 337. The van der Waals surface area contributed by atoms with Gasteiger partial charge in [0.25, 0.3) is 0 Å². The summed E-state index contributed by atoms with van der Waals surface area (Å²) in [6.45, 7) is 5.55. The summed E-state index contributed by atoms with van der Waals surface area (Å²) in [5, 5.41) is 0. The van der Waals surface area contributed by atoms with E-state index in [9.17, 15) is 0 Å². The van der Waals surface area contributed by atoms with Gasteiger partial charge in [-0.2, -0.15) is 0 Å². The zero-order valence-electron chi connectivity index (χ0n) is 9.48. The van der Waals surface area contributed by atoms with E-state index in [0.29, 0.717) is 6.04 Å². The molecule has 2 N–H and O–H groups in total. The van der Waals surface area contributed by atoms with Gasteiger partial charge in [0.05, 0.1) is 0 Å². The van der Waals surface area contributed by atoms with Crippen LogP contribution in [-0.4, -0.2) is 37.6 Å². The SMILES string of the molecule is CC1CN(c2cccc(N)c2)CCN1C. The number of piperazine rings is 1. The summed E-state index contributed by atoms with van der Waals surface area (Å²) in [5.74, 6) is 0. The highest BCUT2D eigenvalue weighted by Crippen LogP contribution is 2.20. The fourth-order valence-electron chi connectivity index (χ4n) is 2.00. The summed E-state index contributed by atoms with van der Waals surface area (Å²) in [6, 6.07) is 8.75. The zero-order valence-corrected chi connectivity index (χ0v) is 9.48. The Morgan fingerprint density at radius 3 is 2.80 bits per heavy atom. The van der Waals surface area contributed by atoms with Crippen LogP contribution in [0.4, 0.5) is 11.4 Å². The molecule has 3 nitrogen and oxygen atoms in total. The number of hydrogen-bond donors (Lipinski definition) is 1. The molecule has 0 radical (unpaired) electrons. The zero-order chi connectivity index (χ0) is 10.8. The Hall–Kier alpha value is -1.22. The first kappa shape index (κ1) is 10.3. The first-order valence-corrected chi connectivity index (χ1v) is 5.47. The lowest BCUT2D eigenvalue weighted by Crippen LogP contribution is -2.50. The molecule has 0 amide bonds. The van der Waals surface area contributed by atoms with Crippen molar-refractivity contribution in [3.63, 3.8) is 0 Å². The van der Waals surface area contributed by atoms with Crippen molar-refractivity contribution in [1.29, 1.82) is 0 Å². The predicted octanol–water partition coefficient (Wildman–Crippen LogP) is 1.41. The second-order valence-electron chi connectivity index (χ2n) is 4.37. The number of likely N-dealkylation sites (N-methyl/N-ethyl adjacent to an activating group) is 1. The molecule has 0 aromatic heterocycles. The van der Waals surface area contributed by atoms with Crippen LogP contribution in [0.15, 0.2) is 24.3 Å². The van der Waals surface area contributed by atoms with E-state index < -0.39 is 0 Å². The second kappa shape index (κ2) is 4.11. The summed E-state index contributed by atoms with van der Waals surface area (Å²) in [7, 11) is 2.18. The van der Waals surface area contributed by atoms with Crippen molar-refractivity contribution in [2.75, 3.05) is 37.3 Å². The monoisotopic (exact) mass is 205 g/mol. The van der Waals surface area contributed by atoms with E-state index in [0.717, 1.165) is 25.3 Å². The summed E-state index contributed by atoms with van der Waals surface area (Å²) in [4.78, 5) is 4.80. The van der Waals surface area contributed by atoms with Gasteiger partial charge in [0.2, 0.25) is 0 Å². The maximum Gasteiger partial charge on any atom is 0.0387 e. The number of nitrogens with two attached hydrogens (primary N) is 1. The van der Waals surface area contributed by atoms with Crippen LogP contribution >= 0.6 is 0 Å². The minimum absolute atomic E-state index is 0.611. The van der Waals surface area contributed by atoms with Crippen molar-refractivity contribution in [2.24, 2.45) is 0 Å². The Labute approximate surface area is 91.5 Å². The molecule has 1 unspecified atom stereocenters. The molecule has 1 aliphatic rings. The van der Waals surface area contributed by atoms with E-state index in [1.165, 1.54) is 5.69 Å². The van der Waals surface area contributed by atoms with Crippen LogP contribution in [0.5, 0.6) is 0 Å². The molecule has 1 aliphatic heterocycles. The van der Waals surface area contributed by atoms with Gasteiger partial charge in [-0.05, 0) is 32.2 Å². The van der Waals surface area contributed by atoms with Gasteiger partial charge in [-0.3, -0.25) is 0 Å². The number of nitrogen functional groups attached to an aromatic ring is 1. The summed E-state index contributed by atoms with van der Waals surface area (Å²) >= 11 is 0. The van der Waals surface area contributed by atoms with Crippen molar-refractivity contribution < 1.29 is 0 Å². The molecular weight excluding hydrogens is 186 g/mol. The van der Waals surface area contributed by atoms with Gasteiger partial charge in [-0.15, -0.1) is 0 Å². The molecule has 0 saturated carbocycles. The van der Waals surface area contributed by atoms with Gasteiger partial charge in [-0.1, -0.05) is 6.07 Å². The van der Waals surface area contributed by atoms with Gasteiger partial charge in [0.15, 0.2) is 0 Å². The van der Waals surface area contributed by atoms with Crippen LogP contribution in [0.1, 0.15) is 6.92 Å². The quantitative estimate of drug-likeness (QED) is 0.704. The van der Waals surface area contributed by atoms with Crippen molar-refractivity contribution in [3.8, 4) is 0 Å². The van der Waals surface area contributed by atoms with Crippen LogP contribution in [0.2, 0.25) is 0 Å². The third-order valence-electron chi connectivity index (χ3n) is 3.20. The number of hydrogen-bond acceptors (Lipinski definition) is 3. The van der Waals surface area contributed by atoms with Crippen LogP contribution < -0.4 is 10.6 Å². The highest BCUT2D eigenvalue weighted by Gasteiger charge is 2.20. The summed E-state index contributed by atoms with van der Waals surface area (Å²) < 4.78 is 0. The molecule has 1 aromatic rings. The molecule has 1 aromatic carbocycles. The van der Waals surface area contributed by atoms with E-state index in [4.69, 9.17) is 5.73 Å². The predicted molar refractivity (Wildman–Crippen MR) is 65.2 cm³/mol. The molecule has 0 aliphatic carbocycles. The molecule has 1 fully saturated rings. The minimum Gasteiger partial charge on any atom is -0.399 e. The largest absolute Gasteiger partial charge is 0.399 e. The fraction of sp³-hybridized carbons (Fsp3) is 0.500. The van der Waals surface area contributed by atoms with Crippen LogP contribution in [0.25, 0.3) is 0 Å². The molecule has 0 bridgehead atoms. The minimum atomic E-state index is 0.611. The van der Waals surface area contributed by atoms with E-state index in [1.807, 2.05) is 12.1 Å². The van der Waals surface area contributed by atoms with E-state index in [-0.39, 0.29) is 0 Å². The third-order valence-corrected chi connectivity index (χ3v) is 3.20. The van der Waals surface area contributed by atoms with E-state index in [1.54, 1.807) is 0 Å². The molecule has 1 atom stereocenters. The van der Waals surface area contributed by atoms with Gasteiger partial charge in [-0.25, -0.2) is 0 Å². The molecule has 15 heavy (non-hydrogen) atoms. The number of rotatable bonds is 1. The highest BCUT2D eigenvalue weighted by molar-refractivity contribution is 5.56. The third kappa shape index (κ3) is 2.23.